The summed E-state index contributed by atoms with van der Waals surface area (Å²) in [7, 11) is 0. The van der Waals surface area contributed by atoms with Crippen molar-refractivity contribution in [3.8, 4) is 5.75 Å². The molecule has 0 saturated heterocycles. The predicted octanol–water partition coefficient (Wildman–Crippen LogP) is 2.94. The van der Waals surface area contributed by atoms with E-state index >= 15 is 0 Å². The first-order valence-electron chi connectivity index (χ1n) is 6.81. The van der Waals surface area contributed by atoms with Crippen LogP contribution in [0.4, 0.5) is 18.9 Å². The Labute approximate surface area is 134 Å². The van der Waals surface area contributed by atoms with E-state index in [4.69, 9.17) is 4.42 Å². The normalized spacial score (nSPS) is 11.0. The number of para-hydroxylation sites is 2. The SMILES string of the molecule is O=C(CCNC(=O)c1ccco1)Nc1ccccc1OC(F)(F)F. The Balaban J connectivity index is 1.85. The molecule has 0 bridgehead atoms. The van der Waals surface area contributed by atoms with Crippen molar-refractivity contribution >= 4 is 17.5 Å². The summed E-state index contributed by atoms with van der Waals surface area (Å²) in [5.41, 5.74) is -0.114. The summed E-state index contributed by atoms with van der Waals surface area (Å²) in [6.45, 7) is -0.00629. The number of rotatable bonds is 6. The van der Waals surface area contributed by atoms with Crippen LogP contribution in [-0.2, 0) is 4.79 Å². The lowest BCUT2D eigenvalue weighted by Gasteiger charge is -2.13. The van der Waals surface area contributed by atoms with Gasteiger partial charge in [0.25, 0.3) is 5.91 Å². The van der Waals surface area contributed by atoms with Gasteiger partial charge in [-0.1, -0.05) is 12.1 Å². The molecule has 1 aromatic carbocycles. The number of furan rings is 1. The third kappa shape index (κ3) is 5.34. The van der Waals surface area contributed by atoms with Crippen LogP contribution in [-0.4, -0.2) is 24.7 Å². The number of benzene rings is 1. The summed E-state index contributed by atoms with van der Waals surface area (Å²) in [6, 6.07) is 8.17. The molecule has 1 aromatic heterocycles. The van der Waals surface area contributed by atoms with Crippen molar-refractivity contribution < 1.29 is 31.9 Å². The van der Waals surface area contributed by atoms with E-state index in [-0.39, 0.29) is 24.4 Å². The van der Waals surface area contributed by atoms with E-state index in [2.05, 4.69) is 15.4 Å². The summed E-state index contributed by atoms with van der Waals surface area (Å²) in [5, 5.41) is 4.75. The maximum Gasteiger partial charge on any atom is 0.573 e. The highest BCUT2D eigenvalue weighted by molar-refractivity contribution is 5.94. The number of ether oxygens (including phenoxy) is 1. The fourth-order valence-electron chi connectivity index (χ4n) is 1.78. The van der Waals surface area contributed by atoms with E-state index in [1.54, 1.807) is 6.07 Å². The second-order valence-electron chi connectivity index (χ2n) is 4.58. The van der Waals surface area contributed by atoms with Gasteiger partial charge in [-0.15, -0.1) is 13.2 Å². The van der Waals surface area contributed by atoms with Crippen LogP contribution >= 0.6 is 0 Å². The maximum absolute atomic E-state index is 12.3. The molecule has 24 heavy (non-hydrogen) atoms. The molecule has 0 unspecified atom stereocenters. The monoisotopic (exact) mass is 342 g/mol. The van der Waals surface area contributed by atoms with Gasteiger partial charge < -0.3 is 19.8 Å². The number of hydrogen-bond donors (Lipinski definition) is 2. The summed E-state index contributed by atoms with van der Waals surface area (Å²) < 4.78 is 45.6. The van der Waals surface area contributed by atoms with E-state index in [0.717, 1.165) is 6.07 Å². The quantitative estimate of drug-likeness (QED) is 0.846. The Bertz CT molecular complexity index is 699. The third-order valence-corrected chi connectivity index (χ3v) is 2.77. The molecule has 0 aliphatic carbocycles. The van der Waals surface area contributed by atoms with Gasteiger partial charge in [0.2, 0.25) is 5.91 Å². The van der Waals surface area contributed by atoms with Crippen LogP contribution in [0.5, 0.6) is 5.75 Å². The van der Waals surface area contributed by atoms with Crippen molar-refractivity contribution in [3.63, 3.8) is 0 Å². The Hall–Kier alpha value is -2.97. The number of amides is 2. The minimum Gasteiger partial charge on any atom is -0.459 e. The molecule has 0 fully saturated rings. The number of nitrogens with one attached hydrogen (secondary N) is 2. The van der Waals surface area contributed by atoms with Gasteiger partial charge in [-0.05, 0) is 24.3 Å². The molecular formula is C15H13F3N2O4. The van der Waals surface area contributed by atoms with Gasteiger partial charge in [0.05, 0.1) is 12.0 Å². The molecule has 9 heteroatoms. The lowest BCUT2D eigenvalue weighted by atomic mass is 10.2. The zero-order chi connectivity index (χ0) is 17.6. The Kier molecular flexibility index (Phi) is 5.46. The fraction of sp³-hybridized carbons (Fsp3) is 0.200. The Morgan fingerprint density at radius 2 is 1.88 bits per heavy atom. The van der Waals surface area contributed by atoms with E-state index in [9.17, 15) is 22.8 Å². The minimum absolute atomic E-state index is 0.00629. The second kappa shape index (κ2) is 7.53. The van der Waals surface area contributed by atoms with Gasteiger partial charge >= 0.3 is 6.36 Å². The van der Waals surface area contributed by atoms with Crippen LogP contribution in [0.3, 0.4) is 0 Å². The van der Waals surface area contributed by atoms with Crippen molar-refractivity contribution in [2.24, 2.45) is 0 Å². The predicted molar refractivity (Wildman–Crippen MR) is 77.4 cm³/mol. The van der Waals surface area contributed by atoms with Crippen molar-refractivity contribution in [3.05, 3.63) is 48.4 Å². The van der Waals surface area contributed by atoms with Gasteiger partial charge in [0.15, 0.2) is 11.5 Å². The van der Waals surface area contributed by atoms with E-state index in [1.165, 1.54) is 30.5 Å². The minimum atomic E-state index is -4.86. The van der Waals surface area contributed by atoms with Crippen LogP contribution < -0.4 is 15.4 Å². The topological polar surface area (TPSA) is 80.6 Å². The maximum atomic E-state index is 12.3. The molecule has 2 aromatic rings. The van der Waals surface area contributed by atoms with Crippen molar-refractivity contribution in [1.29, 1.82) is 0 Å². The largest absolute Gasteiger partial charge is 0.573 e. The van der Waals surface area contributed by atoms with E-state index in [1.807, 2.05) is 0 Å². The van der Waals surface area contributed by atoms with Gasteiger partial charge in [-0.25, -0.2) is 0 Å². The Morgan fingerprint density at radius 1 is 1.12 bits per heavy atom. The molecule has 0 radical (unpaired) electrons. The fourth-order valence-corrected chi connectivity index (χ4v) is 1.78. The summed E-state index contributed by atoms with van der Waals surface area (Å²) >= 11 is 0. The van der Waals surface area contributed by atoms with Gasteiger partial charge in [-0.2, -0.15) is 0 Å². The number of halogens is 3. The number of anilines is 1. The summed E-state index contributed by atoms with van der Waals surface area (Å²) in [5.74, 6) is -1.49. The second-order valence-corrected chi connectivity index (χ2v) is 4.58. The molecule has 0 aliphatic heterocycles. The van der Waals surface area contributed by atoms with Crippen LogP contribution in [0.25, 0.3) is 0 Å². The average molecular weight is 342 g/mol. The summed E-state index contributed by atoms with van der Waals surface area (Å²) in [6.07, 6.45) is -3.66. The number of alkyl halides is 3. The molecule has 2 rings (SSSR count). The van der Waals surface area contributed by atoms with Crippen LogP contribution in [0, 0.1) is 0 Å². The van der Waals surface area contributed by atoms with Crippen molar-refractivity contribution in [2.75, 3.05) is 11.9 Å². The first-order valence-corrected chi connectivity index (χ1v) is 6.81. The molecule has 0 saturated carbocycles. The van der Waals surface area contributed by atoms with Crippen LogP contribution in [0.1, 0.15) is 17.0 Å². The number of hydrogen-bond acceptors (Lipinski definition) is 4. The van der Waals surface area contributed by atoms with Gasteiger partial charge in [-0.3, -0.25) is 9.59 Å². The smallest absolute Gasteiger partial charge is 0.459 e. The highest BCUT2D eigenvalue weighted by Gasteiger charge is 2.32. The van der Waals surface area contributed by atoms with E-state index < -0.39 is 23.9 Å². The standard InChI is InChI=1S/C15H13F3N2O4/c16-15(17,18)24-11-5-2-1-4-10(11)20-13(21)7-8-19-14(22)12-6-3-9-23-12/h1-6,9H,7-8H2,(H,19,22)(H,20,21). The van der Waals surface area contributed by atoms with Gasteiger partial charge in [0, 0.05) is 13.0 Å². The molecule has 2 N–H and O–H groups in total. The van der Waals surface area contributed by atoms with Crippen molar-refractivity contribution in [1.82, 2.24) is 5.32 Å². The number of carbonyl (C=O) groups is 2. The first kappa shape index (κ1) is 17.4. The van der Waals surface area contributed by atoms with Gasteiger partial charge in [0.1, 0.15) is 0 Å². The summed E-state index contributed by atoms with van der Waals surface area (Å²) in [4.78, 5) is 23.4. The molecule has 0 aliphatic rings. The molecule has 1 heterocycles. The number of carbonyl (C=O) groups excluding carboxylic acids is 2. The zero-order valence-corrected chi connectivity index (χ0v) is 12.2. The Morgan fingerprint density at radius 3 is 2.54 bits per heavy atom. The molecule has 0 spiro atoms. The molecule has 2 amide bonds. The lowest BCUT2D eigenvalue weighted by Crippen LogP contribution is -2.27. The van der Waals surface area contributed by atoms with E-state index in [0.29, 0.717) is 0 Å². The highest BCUT2D eigenvalue weighted by atomic mass is 19.4. The average Bonchev–Trinajstić information content (AvgIpc) is 3.02. The first-order chi connectivity index (χ1) is 11.3. The zero-order valence-electron chi connectivity index (χ0n) is 12.2. The van der Waals surface area contributed by atoms with Crippen LogP contribution in [0.15, 0.2) is 47.1 Å². The lowest BCUT2D eigenvalue weighted by molar-refractivity contribution is -0.274. The van der Waals surface area contributed by atoms with Crippen molar-refractivity contribution in [2.45, 2.75) is 12.8 Å². The third-order valence-electron chi connectivity index (χ3n) is 2.77. The highest BCUT2D eigenvalue weighted by Crippen LogP contribution is 2.29. The molecular weight excluding hydrogens is 329 g/mol. The van der Waals surface area contributed by atoms with Crippen LogP contribution in [0.2, 0.25) is 0 Å². The molecule has 128 valence electrons. The molecule has 0 atom stereocenters. The molecule has 6 nitrogen and oxygen atoms in total.